The Hall–Kier alpha value is -0.810. The lowest BCUT2D eigenvalue weighted by Gasteiger charge is -1.92. The third-order valence-corrected chi connectivity index (χ3v) is 2.68. The van der Waals surface area contributed by atoms with E-state index in [0.717, 1.165) is 17.9 Å². The molecule has 0 aliphatic rings. The Morgan fingerprint density at radius 2 is 2.29 bits per heavy atom. The molecule has 14 heavy (non-hydrogen) atoms. The first kappa shape index (κ1) is 11.3. The van der Waals surface area contributed by atoms with Gasteiger partial charge in [0.05, 0.1) is 6.26 Å². The van der Waals surface area contributed by atoms with Crippen molar-refractivity contribution in [2.75, 3.05) is 6.26 Å². The Labute approximate surface area is 90.3 Å². The standard InChI is InChI=1S/C12H16OS/c1-3-4-5-6-7-8-11-9-10-13-12(11)14-2/h9-10H,3-5,8H2,1-2H3. The van der Waals surface area contributed by atoms with E-state index in [1.54, 1.807) is 18.0 Å². The van der Waals surface area contributed by atoms with Gasteiger partial charge in [-0.2, -0.15) is 0 Å². The minimum Gasteiger partial charge on any atom is -0.458 e. The van der Waals surface area contributed by atoms with Crippen LogP contribution in [0.1, 0.15) is 31.7 Å². The molecule has 0 unspecified atom stereocenters. The largest absolute Gasteiger partial charge is 0.458 e. The molecule has 0 aromatic carbocycles. The number of thioether (sulfide) groups is 1. The topological polar surface area (TPSA) is 13.1 Å². The molecule has 0 amide bonds. The zero-order chi connectivity index (χ0) is 10.2. The van der Waals surface area contributed by atoms with Crippen molar-refractivity contribution >= 4 is 11.8 Å². The van der Waals surface area contributed by atoms with Crippen molar-refractivity contribution in [3.8, 4) is 11.8 Å². The molecule has 1 aromatic heterocycles. The summed E-state index contributed by atoms with van der Waals surface area (Å²) in [5.41, 5.74) is 1.21. The summed E-state index contributed by atoms with van der Waals surface area (Å²) in [6, 6.07) is 2.00. The molecule has 1 heterocycles. The first-order valence-electron chi connectivity index (χ1n) is 4.94. The molecule has 1 nitrogen and oxygen atoms in total. The Bertz CT molecular complexity index is 317. The molecule has 0 N–H and O–H groups in total. The maximum Gasteiger partial charge on any atom is 0.163 e. The van der Waals surface area contributed by atoms with Crippen LogP contribution in [0.2, 0.25) is 0 Å². The summed E-state index contributed by atoms with van der Waals surface area (Å²) >= 11 is 1.64. The van der Waals surface area contributed by atoms with E-state index in [9.17, 15) is 0 Å². The van der Waals surface area contributed by atoms with E-state index in [-0.39, 0.29) is 0 Å². The van der Waals surface area contributed by atoms with Crippen LogP contribution in [0.15, 0.2) is 21.8 Å². The molecule has 0 bridgehead atoms. The lowest BCUT2D eigenvalue weighted by atomic mass is 10.2. The second kappa shape index (κ2) is 6.62. The van der Waals surface area contributed by atoms with Crippen LogP contribution in [0.25, 0.3) is 0 Å². The molecule has 76 valence electrons. The van der Waals surface area contributed by atoms with Crippen LogP contribution in [0, 0.1) is 11.8 Å². The van der Waals surface area contributed by atoms with E-state index in [1.165, 1.54) is 18.4 Å². The molecular weight excluding hydrogens is 192 g/mol. The Kier molecular flexibility index (Phi) is 5.32. The van der Waals surface area contributed by atoms with Crippen LogP contribution in [-0.4, -0.2) is 6.26 Å². The van der Waals surface area contributed by atoms with E-state index in [2.05, 4.69) is 18.8 Å². The van der Waals surface area contributed by atoms with Crippen molar-refractivity contribution in [2.45, 2.75) is 37.7 Å². The van der Waals surface area contributed by atoms with Crippen LogP contribution in [-0.2, 0) is 6.42 Å². The zero-order valence-corrected chi connectivity index (χ0v) is 9.62. The van der Waals surface area contributed by atoms with Gasteiger partial charge in [0.15, 0.2) is 5.09 Å². The maximum absolute atomic E-state index is 5.29. The molecule has 0 radical (unpaired) electrons. The van der Waals surface area contributed by atoms with Crippen LogP contribution in [0.3, 0.4) is 0 Å². The molecular formula is C12H16OS. The van der Waals surface area contributed by atoms with Gasteiger partial charge in [-0.1, -0.05) is 31.0 Å². The van der Waals surface area contributed by atoms with E-state index in [0.29, 0.717) is 0 Å². The molecule has 0 aliphatic heterocycles. The van der Waals surface area contributed by atoms with E-state index in [1.807, 2.05) is 12.3 Å². The van der Waals surface area contributed by atoms with Crippen molar-refractivity contribution < 1.29 is 4.42 Å². The van der Waals surface area contributed by atoms with Gasteiger partial charge in [0, 0.05) is 18.4 Å². The second-order valence-corrected chi connectivity index (χ2v) is 3.85. The molecule has 1 rings (SSSR count). The predicted octanol–water partition coefficient (Wildman–Crippen LogP) is 3.74. The average Bonchev–Trinajstić information content (AvgIpc) is 2.65. The monoisotopic (exact) mass is 208 g/mol. The van der Waals surface area contributed by atoms with Crippen molar-refractivity contribution in [1.29, 1.82) is 0 Å². The van der Waals surface area contributed by atoms with Gasteiger partial charge in [-0.25, -0.2) is 0 Å². The zero-order valence-electron chi connectivity index (χ0n) is 8.80. The maximum atomic E-state index is 5.29. The summed E-state index contributed by atoms with van der Waals surface area (Å²) in [5.74, 6) is 6.35. The van der Waals surface area contributed by atoms with Crippen molar-refractivity contribution in [1.82, 2.24) is 0 Å². The SMILES string of the molecule is CCCCC#CCc1ccoc1SC. The summed E-state index contributed by atoms with van der Waals surface area (Å²) in [6.07, 6.45) is 8.01. The minimum absolute atomic E-state index is 0.816. The van der Waals surface area contributed by atoms with Crippen molar-refractivity contribution in [3.63, 3.8) is 0 Å². The van der Waals surface area contributed by atoms with Crippen LogP contribution in [0.4, 0.5) is 0 Å². The summed E-state index contributed by atoms with van der Waals surface area (Å²) < 4.78 is 5.29. The van der Waals surface area contributed by atoms with Crippen molar-refractivity contribution in [3.05, 3.63) is 17.9 Å². The first-order valence-corrected chi connectivity index (χ1v) is 6.17. The molecule has 2 heteroatoms. The van der Waals surface area contributed by atoms with Gasteiger partial charge in [0.25, 0.3) is 0 Å². The number of hydrogen-bond donors (Lipinski definition) is 0. The molecule has 1 aromatic rings. The third kappa shape index (κ3) is 3.51. The van der Waals surface area contributed by atoms with Gasteiger partial charge < -0.3 is 4.42 Å². The highest BCUT2D eigenvalue weighted by molar-refractivity contribution is 7.98. The molecule has 0 saturated carbocycles. The fourth-order valence-corrected chi connectivity index (χ4v) is 1.70. The molecule has 0 spiro atoms. The smallest absolute Gasteiger partial charge is 0.163 e. The lowest BCUT2D eigenvalue weighted by Crippen LogP contribution is -1.79. The summed E-state index contributed by atoms with van der Waals surface area (Å²) in [5, 5.41) is 0.995. The first-order chi connectivity index (χ1) is 6.88. The van der Waals surface area contributed by atoms with Gasteiger partial charge in [0.1, 0.15) is 0 Å². The van der Waals surface area contributed by atoms with E-state index < -0.39 is 0 Å². The molecule has 0 atom stereocenters. The normalized spacial score (nSPS) is 9.57. The Balaban J connectivity index is 2.39. The van der Waals surface area contributed by atoms with Crippen molar-refractivity contribution in [2.24, 2.45) is 0 Å². The van der Waals surface area contributed by atoms with Gasteiger partial charge >= 0.3 is 0 Å². The van der Waals surface area contributed by atoms with Crippen LogP contribution >= 0.6 is 11.8 Å². The van der Waals surface area contributed by atoms with Gasteiger partial charge in [-0.15, -0.1) is 5.92 Å². The molecule has 0 aliphatic carbocycles. The highest BCUT2D eigenvalue weighted by Gasteiger charge is 2.01. The Morgan fingerprint density at radius 1 is 1.43 bits per heavy atom. The van der Waals surface area contributed by atoms with Gasteiger partial charge in [0.2, 0.25) is 0 Å². The lowest BCUT2D eigenvalue weighted by molar-refractivity contribution is 0.470. The number of furan rings is 1. The summed E-state index contributed by atoms with van der Waals surface area (Å²) in [7, 11) is 0. The van der Waals surface area contributed by atoms with E-state index >= 15 is 0 Å². The van der Waals surface area contributed by atoms with Crippen LogP contribution in [0.5, 0.6) is 0 Å². The van der Waals surface area contributed by atoms with Gasteiger partial charge in [-0.3, -0.25) is 0 Å². The number of hydrogen-bond acceptors (Lipinski definition) is 2. The second-order valence-electron chi connectivity index (χ2n) is 3.07. The quantitative estimate of drug-likeness (QED) is 0.425. The third-order valence-electron chi connectivity index (χ3n) is 1.95. The Morgan fingerprint density at radius 3 is 3.00 bits per heavy atom. The number of rotatable bonds is 4. The summed E-state index contributed by atoms with van der Waals surface area (Å²) in [4.78, 5) is 0. The predicted molar refractivity (Wildman–Crippen MR) is 61.5 cm³/mol. The average molecular weight is 208 g/mol. The van der Waals surface area contributed by atoms with E-state index in [4.69, 9.17) is 4.42 Å². The fraction of sp³-hybridized carbons (Fsp3) is 0.500. The highest BCUT2D eigenvalue weighted by Crippen LogP contribution is 2.21. The summed E-state index contributed by atoms with van der Waals surface area (Å²) in [6.45, 7) is 2.18. The molecule has 0 fully saturated rings. The minimum atomic E-state index is 0.816. The van der Waals surface area contributed by atoms with Gasteiger partial charge in [-0.05, 0) is 18.7 Å². The highest BCUT2D eigenvalue weighted by atomic mass is 32.2. The molecule has 0 saturated heterocycles. The fourth-order valence-electron chi connectivity index (χ4n) is 1.14. The number of unbranched alkanes of at least 4 members (excludes halogenated alkanes) is 2. The van der Waals surface area contributed by atoms with Crippen LogP contribution < -0.4 is 0 Å².